The molecule has 1 rings (SSSR count). The molecule has 0 fully saturated rings. The Kier molecular flexibility index (Phi) is 4.91. The van der Waals surface area contributed by atoms with Crippen molar-refractivity contribution < 1.29 is 0 Å². The minimum atomic E-state index is 0.549. The van der Waals surface area contributed by atoms with Crippen LogP contribution in [-0.2, 0) is 0 Å². The molecule has 0 aromatic carbocycles. The molecule has 0 aliphatic heterocycles. The van der Waals surface area contributed by atoms with E-state index < -0.39 is 0 Å². The van der Waals surface area contributed by atoms with Crippen molar-refractivity contribution in [3.63, 3.8) is 0 Å². The van der Waals surface area contributed by atoms with Crippen LogP contribution in [0.5, 0.6) is 0 Å². The second kappa shape index (κ2) is 5.98. The Balaban J connectivity index is 2.69. The van der Waals surface area contributed by atoms with E-state index in [9.17, 15) is 0 Å². The van der Waals surface area contributed by atoms with E-state index in [4.69, 9.17) is 5.73 Å². The first kappa shape index (κ1) is 12.3. The van der Waals surface area contributed by atoms with E-state index in [1.165, 1.54) is 4.90 Å². The minimum absolute atomic E-state index is 0.549. The van der Waals surface area contributed by atoms with Gasteiger partial charge in [-0.3, -0.25) is 4.98 Å². The molecule has 3 nitrogen and oxygen atoms in total. The summed E-state index contributed by atoms with van der Waals surface area (Å²) in [5.41, 5.74) is 7.74. The van der Waals surface area contributed by atoms with Crippen LogP contribution in [0, 0.1) is 12.8 Å². The van der Waals surface area contributed by atoms with E-state index in [-0.39, 0.29) is 0 Å². The molecule has 0 saturated carbocycles. The summed E-state index contributed by atoms with van der Waals surface area (Å²) in [5, 5.41) is 3.15. The van der Waals surface area contributed by atoms with E-state index in [0.29, 0.717) is 5.92 Å². The van der Waals surface area contributed by atoms with Gasteiger partial charge in [-0.25, -0.2) is 0 Å². The average molecular weight is 225 g/mol. The summed E-state index contributed by atoms with van der Waals surface area (Å²) in [4.78, 5) is 5.51. The van der Waals surface area contributed by atoms with E-state index in [1.807, 2.05) is 31.9 Å². The molecule has 1 aromatic rings. The number of hydrogen-bond acceptors (Lipinski definition) is 4. The number of pyridine rings is 1. The number of nitrogens with zero attached hydrogens (tertiary/aromatic N) is 1. The summed E-state index contributed by atoms with van der Waals surface area (Å²) < 4.78 is 0. The highest BCUT2D eigenvalue weighted by Gasteiger charge is 2.05. The number of aromatic nitrogens is 1. The van der Waals surface area contributed by atoms with Gasteiger partial charge in [0.15, 0.2) is 0 Å². The van der Waals surface area contributed by atoms with Crippen LogP contribution in [0.1, 0.15) is 12.6 Å². The van der Waals surface area contributed by atoms with E-state index in [1.54, 1.807) is 0 Å². The summed E-state index contributed by atoms with van der Waals surface area (Å²) >= 11 is 1.84. The molecule has 4 heteroatoms. The monoisotopic (exact) mass is 225 g/mol. The molecule has 0 aliphatic carbocycles. The van der Waals surface area contributed by atoms with Crippen LogP contribution in [0.2, 0.25) is 0 Å². The molecule has 0 amide bonds. The predicted molar refractivity (Wildman–Crippen MR) is 67.5 cm³/mol. The molecule has 0 saturated heterocycles. The average Bonchev–Trinajstić information content (AvgIpc) is 2.26. The molecule has 0 aliphatic rings. The zero-order valence-corrected chi connectivity index (χ0v) is 10.4. The molecule has 15 heavy (non-hydrogen) atoms. The van der Waals surface area contributed by atoms with E-state index >= 15 is 0 Å². The fourth-order valence-electron chi connectivity index (χ4n) is 1.14. The first-order valence-corrected chi connectivity index (χ1v) is 6.13. The molecule has 1 aromatic heterocycles. The van der Waals surface area contributed by atoms with Gasteiger partial charge in [0.25, 0.3) is 0 Å². The number of nitrogens with one attached hydrogen (secondary N) is 1. The van der Waals surface area contributed by atoms with Crippen molar-refractivity contribution >= 4 is 17.4 Å². The summed E-state index contributed by atoms with van der Waals surface area (Å²) in [5.74, 6) is 1.60. The second-order valence-electron chi connectivity index (χ2n) is 3.72. The van der Waals surface area contributed by atoms with E-state index in [2.05, 4.69) is 23.3 Å². The van der Waals surface area contributed by atoms with Crippen molar-refractivity contribution in [2.75, 3.05) is 24.7 Å². The molecule has 3 N–H and O–H groups in total. The number of thioether (sulfide) groups is 1. The molecular weight excluding hydrogens is 206 g/mol. The summed E-state index contributed by atoms with van der Waals surface area (Å²) in [7, 11) is 1.92. The lowest BCUT2D eigenvalue weighted by molar-refractivity contribution is 0.675. The van der Waals surface area contributed by atoms with Crippen molar-refractivity contribution in [1.82, 2.24) is 4.98 Å². The maximum atomic E-state index is 5.60. The smallest absolute Gasteiger partial charge is 0.0662 e. The van der Waals surface area contributed by atoms with Crippen molar-refractivity contribution in [2.24, 2.45) is 11.7 Å². The summed E-state index contributed by atoms with van der Waals surface area (Å²) in [6.45, 7) is 4.92. The molecule has 1 unspecified atom stereocenters. The number of rotatable bonds is 5. The topological polar surface area (TPSA) is 50.9 Å². The Morgan fingerprint density at radius 1 is 1.60 bits per heavy atom. The summed E-state index contributed by atoms with van der Waals surface area (Å²) in [6.07, 6.45) is 1.88. The third kappa shape index (κ3) is 3.72. The van der Waals surface area contributed by atoms with Crippen LogP contribution < -0.4 is 11.1 Å². The Hall–Kier alpha value is -0.740. The maximum Gasteiger partial charge on any atom is 0.0662 e. The number of aryl methyl sites for hydroxylation is 1. The van der Waals surface area contributed by atoms with E-state index in [0.717, 1.165) is 23.7 Å². The van der Waals surface area contributed by atoms with Gasteiger partial charge in [0.2, 0.25) is 0 Å². The summed E-state index contributed by atoms with van der Waals surface area (Å²) in [6, 6.07) is 2.11. The van der Waals surface area contributed by atoms with Gasteiger partial charge in [0.05, 0.1) is 11.9 Å². The fourth-order valence-corrected chi connectivity index (χ4v) is 2.31. The van der Waals surface area contributed by atoms with Crippen LogP contribution in [0.3, 0.4) is 0 Å². The molecular formula is C11H19N3S. The highest BCUT2D eigenvalue weighted by Crippen LogP contribution is 2.28. The van der Waals surface area contributed by atoms with Gasteiger partial charge in [-0.15, -0.1) is 11.8 Å². The Morgan fingerprint density at radius 2 is 2.33 bits per heavy atom. The van der Waals surface area contributed by atoms with Crippen molar-refractivity contribution in [3.05, 3.63) is 18.0 Å². The van der Waals surface area contributed by atoms with Gasteiger partial charge in [-0.1, -0.05) is 6.92 Å². The SMILES string of the molecule is CNc1cnc(C)cc1SCC(C)CN. The zero-order valence-electron chi connectivity index (χ0n) is 9.58. The van der Waals surface area contributed by atoms with Crippen molar-refractivity contribution in [1.29, 1.82) is 0 Å². The first-order chi connectivity index (χ1) is 7.17. The molecule has 0 radical (unpaired) electrons. The van der Waals surface area contributed by atoms with Crippen molar-refractivity contribution in [2.45, 2.75) is 18.7 Å². The van der Waals surface area contributed by atoms with Gasteiger partial charge in [-0.2, -0.15) is 0 Å². The first-order valence-electron chi connectivity index (χ1n) is 5.14. The minimum Gasteiger partial charge on any atom is -0.386 e. The lowest BCUT2D eigenvalue weighted by Gasteiger charge is -2.11. The predicted octanol–water partition coefficient (Wildman–Crippen LogP) is 2.12. The van der Waals surface area contributed by atoms with Crippen LogP contribution >= 0.6 is 11.8 Å². The van der Waals surface area contributed by atoms with Crippen LogP contribution in [-0.4, -0.2) is 24.3 Å². The van der Waals surface area contributed by atoms with Crippen LogP contribution in [0.25, 0.3) is 0 Å². The highest BCUT2D eigenvalue weighted by atomic mass is 32.2. The van der Waals surface area contributed by atoms with Gasteiger partial charge >= 0.3 is 0 Å². The number of anilines is 1. The Labute approximate surface area is 95.9 Å². The zero-order chi connectivity index (χ0) is 11.3. The second-order valence-corrected chi connectivity index (χ2v) is 4.79. The van der Waals surface area contributed by atoms with Gasteiger partial charge in [0, 0.05) is 23.4 Å². The van der Waals surface area contributed by atoms with Crippen LogP contribution in [0.4, 0.5) is 5.69 Å². The van der Waals surface area contributed by atoms with Gasteiger partial charge in [0.1, 0.15) is 0 Å². The lowest BCUT2D eigenvalue weighted by atomic mass is 10.2. The highest BCUT2D eigenvalue weighted by molar-refractivity contribution is 7.99. The van der Waals surface area contributed by atoms with Crippen LogP contribution in [0.15, 0.2) is 17.2 Å². The standard InChI is InChI=1S/C11H19N3S/c1-8(5-12)7-15-11-4-9(2)14-6-10(11)13-3/h4,6,8,13H,5,7,12H2,1-3H3. The largest absolute Gasteiger partial charge is 0.386 e. The molecule has 0 bridgehead atoms. The molecule has 1 atom stereocenters. The number of hydrogen-bond donors (Lipinski definition) is 2. The number of nitrogens with two attached hydrogens (primary N) is 1. The quantitative estimate of drug-likeness (QED) is 0.754. The third-order valence-electron chi connectivity index (χ3n) is 2.20. The van der Waals surface area contributed by atoms with Crippen molar-refractivity contribution in [3.8, 4) is 0 Å². The fraction of sp³-hybridized carbons (Fsp3) is 0.545. The normalized spacial score (nSPS) is 12.5. The van der Waals surface area contributed by atoms with Gasteiger partial charge < -0.3 is 11.1 Å². The third-order valence-corrected chi connectivity index (χ3v) is 3.58. The molecule has 0 spiro atoms. The van der Waals surface area contributed by atoms with Gasteiger partial charge in [-0.05, 0) is 25.5 Å². The maximum absolute atomic E-state index is 5.60. The molecule has 1 heterocycles. The lowest BCUT2D eigenvalue weighted by Crippen LogP contribution is -2.12. The Bertz CT molecular complexity index is 315. The molecule has 84 valence electrons. The Morgan fingerprint density at radius 3 is 2.93 bits per heavy atom.